The van der Waals surface area contributed by atoms with Crippen molar-refractivity contribution < 1.29 is 4.79 Å². The first-order valence-electron chi connectivity index (χ1n) is 12.4. The number of nitrogens with zero attached hydrogens (tertiary/aromatic N) is 4. The minimum Gasteiger partial charge on any atom is -0.346 e. The van der Waals surface area contributed by atoms with E-state index >= 15 is 0 Å². The Balaban J connectivity index is 1.45. The molecule has 1 N–H and O–H groups in total. The fourth-order valence-corrected chi connectivity index (χ4v) is 8.02. The van der Waals surface area contributed by atoms with Gasteiger partial charge in [-0.1, -0.05) is 13.8 Å². The van der Waals surface area contributed by atoms with Crippen molar-refractivity contribution in [3.8, 4) is 11.3 Å². The Bertz CT molecular complexity index is 1460. The Kier molecular flexibility index (Phi) is 4.84. The summed E-state index contributed by atoms with van der Waals surface area (Å²) in [5.41, 5.74) is 9.00. The summed E-state index contributed by atoms with van der Waals surface area (Å²) in [5.74, 6) is 1.36. The maximum Gasteiger partial charge on any atom is 0.158 e. The lowest BCUT2D eigenvalue weighted by molar-refractivity contribution is -0.118. The fourth-order valence-electron chi connectivity index (χ4n) is 6.49. The number of rotatable bonds is 5. The van der Waals surface area contributed by atoms with Crippen molar-refractivity contribution >= 4 is 33.0 Å². The molecule has 178 valence electrons. The molecular formula is C27H33N5OS. The van der Waals surface area contributed by atoms with Gasteiger partial charge in [-0.3, -0.25) is 9.69 Å². The van der Waals surface area contributed by atoms with Gasteiger partial charge in [0, 0.05) is 34.0 Å². The summed E-state index contributed by atoms with van der Waals surface area (Å²) < 4.78 is 1.90. The van der Waals surface area contributed by atoms with Crippen LogP contribution in [0, 0.1) is 26.7 Å². The number of aromatic nitrogens is 4. The van der Waals surface area contributed by atoms with E-state index in [4.69, 9.17) is 0 Å². The second kappa shape index (κ2) is 7.49. The van der Waals surface area contributed by atoms with E-state index in [9.17, 15) is 4.79 Å². The number of carbonyl (C=O) groups is 1. The van der Waals surface area contributed by atoms with Crippen LogP contribution in [0.2, 0.25) is 0 Å². The largest absolute Gasteiger partial charge is 0.346 e. The van der Waals surface area contributed by atoms with Gasteiger partial charge in [0.2, 0.25) is 0 Å². The molecule has 2 atom stereocenters. The number of fused-ring (bicyclic) bond motifs is 3. The Morgan fingerprint density at radius 1 is 1.26 bits per heavy atom. The van der Waals surface area contributed by atoms with Crippen LogP contribution in [-0.4, -0.2) is 49.9 Å². The van der Waals surface area contributed by atoms with Crippen LogP contribution in [-0.2, 0) is 10.2 Å². The second-order valence-electron chi connectivity index (χ2n) is 10.9. The maximum absolute atomic E-state index is 11.6. The van der Waals surface area contributed by atoms with Crippen molar-refractivity contribution in [3.05, 3.63) is 39.7 Å². The van der Waals surface area contributed by atoms with E-state index < -0.39 is 0 Å². The molecule has 1 aliphatic carbocycles. The molecule has 0 spiro atoms. The number of thiophene rings is 1. The van der Waals surface area contributed by atoms with Crippen LogP contribution < -0.4 is 0 Å². The third kappa shape index (κ3) is 3.06. The topological polar surface area (TPSA) is 66.3 Å². The van der Waals surface area contributed by atoms with Crippen molar-refractivity contribution in [2.24, 2.45) is 5.92 Å². The van der Waals surface area contributed by atoms with Gasteiger partial charge in [-0.15, -0.1) is 11.3 Å². The van der Waals surface area contributed by atoms with E-state index in [2.05, 4.69) is 60.8 Å². The number of ketones is 1. The molecule has 7 heteroatoms. The molecule has 0 radical (unpaired) electrons. The molecule has 0 aromatic carbocycles. The molecule has 0 bridgehead atoms. The molecule has 6 rings (SSSR count). The van der Waals surface area contributed by atoms with Gasteiger partial charge < -0.3 is 4.98 Å². The van der Waals surface area contributed by atoms with Gasteiger partial charge in [-0.2, -0.15) is 5.10 Å². The van der Waals surface area contributed by atoms with E-state index in [0.29, 0.717) is 23.8 Å². The summed E-state index contributed by atoms with van der Waals surface area (Å²) in [4.78, 5) is 25.1. The van der Waals surface area contributed by atoms with Crippen molar-refractivity contribution in [3.63, 3.8) is 0 Å². The minimum absolute atomic E-state index is 0.275. The standard InChI is InChI=1S/C27H33N5OS/c1-14(2)21-22-18(6)24(27-7-8-31(10-15(3)33)11-19(27)9-27)34-26(22)30-23(21)20-12-32-25(28-13-29-32)17(5)16(20)4/h12-14,19,30H,7-11H2,1-6H3/t19?,27-/m0/s1. The SMILES string of the molecule is CC(=O)CN1CC[C@]2(c3sc4[nH]c(-c5cn6ncnc6c(C)c5C)c(C(C)C)c4c3C)CC2C1. The number of aromatic amines is 1. The fraction of sp³-hybridized carbons (Fsp3) is 0.519. The molecular weight excluding hydrogens is 442 g/mol. The van der Waals surface area contributed by atoms with Crippen LogP contribution in [0.3, 0.4) is 0 Å². The van der Waals surface area contributed by atoms with E-state index in [1.807, 2.05) is 15.9 Å². The number of likely N-dealkylation sites (tertiary alicyclic amines) is 1. The van der Waals surface area contributed by atoms with Gasteiger partial charge >= 0.3 is 0 Å². The number of hydrogen-bond acceptors (Lipinski definition) is 5. The van der Waals surface area contributed by atoms with Gasteiger partial charge in [-0.05, 0) is 81.2 Å². The third-order valence-corrected chi connectivity index (χ3v) is 9.81. The van der Waals surface area contributed by atoms with Gasteiger partial charge in [0.05, 0.1) is 12.2 Å². The number of Topliss-reactive ketones (excluding diaryl/α,β-unsaturated/α-hetero) is 1. The number of H-pyrrole nitrogens is 1. The number of carbonyl (C=O) groups excluding carboxylic acids is 1. The normalized spacial score (nSPS) is 22.7. The van der Waals surface area contributed by atoms with E-state index in [1.54, 1.807) is 18.1 Å². The van der Waals surface area contributed by atoms with Gasteiger partial charge in [0.15, 0.2) is 5.65 Å². The summed E-state index contributed by atoms with van der Waals surface area (Å²) >= 11 is 1.97. The summed E-state index contributed by atoms with van der Waals surface area (Å²) in [6.07, 6.45) is 6.19. The second-order valence-corrected chi connectivity index (χ2v) is 11.9. The van der Waals surface area contributed by atoms with Crippen LogP contribution in [0.5, 0.6) is 0 Å². The molecule has 1 unspecified atom stereocenters. The zero-order chi connectivity index (χ0) is 23.9. The molecule has 6 nitrogen and oxygen atoms in total. The number of aryl methyl sites for hydroxylation is 2. The number of piperidine rings is 1. The Morgan fingerprint density at radius 2 is 2.06 bits per heavy atom. The minimum atomic E-state index is 0.275. The van der Waals surface area contributed by atoms with Crippen LogP contribution in [0.4, 0.5) is 0 Å². The summed E-state index contributed by atoms with van der Waals surface area (Å²) in [5, 5.41) is 5.85. The lowest BCUT2D eigenvalue weighted by atomic mass is 9.88. The van der Waals surface area contributed by atoms with Crippen molar-refractivity contribution in [1.29, 1.82) is 0 Å². The maximum atomic E-state index is 11.6. The van der Waals surface area contributed by atoms with Crippen molar-refractivity contribution in [2.75, 3.05) is 19.6 Å². The monoisotopic (exact) mass is 475 g/mol. The number of nitrogens with one attached hydrogen (secondary N) is 1. The van der Waals surface area contributed by atoms with E-state index in [0.717, 1.165) is 18.7 Å². The first kappa shape index (κ1) is 22.0. The highest BCUT2D eigenvalue weighted by Crippen LogP contribution is 2.62. The average molecular weight is 476 g/mol. The number of hydrogen-bond donors (Lipinski definition) is 1. The van der Waals surface area contributed by atoms with Gasteiger partial charge in [0.25, 0.3) is 0 Å². The molecule has 1 saturated heterocycles. The van der Waals surface area contributed by atoms with Crippen LogP contribution in [0.25, 0.3) is 27.1 Å². The van der Waals surface area contributed by atoms with Crippen molar-refractivity contribution in [1.82, 2.24) is 24.5 Å². The highest BCUT2D eigenvalue weighted by molar-refractivity contribution is 7.19. The van der Waals surface area contributed by atoms with E-state index in [-0.39, 0.29) is 5.78 Å². The van der Waals surface area contributed by atoms with Crippen LogP contribution in [0.15, 0.2) is 12.5 Å². The zero-order valence-electron chi connectivity index (χ0n) is 21.0. The van der Waals surface area contributed by atoms with E-state index in [1.165, 1.54) is 56.6 Å². The molecule has 0 amide bonds. The molecule has 5 heterocycles. The Morgan fingerprint density at radius 3 is 2.76 bits per heavy atom. The average Bonchev–Trinajstić information content (AvgIpc) is 3.06. The highest BCUT2D eigenvalue weighted by atomic mass is 32.1. The van der Waals surface area contributed by atoms with Crippen molar-refractivity contribution in [2.45, 2.75) is 65.7 Å². The van der Waals surface area contributed by atoms with Crippen LogP contribution >= 0.6 is 11.3 Å². The molecule has 2 aliphatic rings. The summed E-state index contributed by atoms with van der Waals surface area (Å²) in [7, 11) is 0. The quantitative estimate of drug-likeness (QED) is 0.412. The molecule has 4 aromatic rings. The molecule has 2 fully saturated rings. The summed E-state index contributed by atoms with van der Waals surface area (Å²) in [6, 6.07) is 0. The first-order chi connectivity index (χ1) is 16.2. The van der Waals surface area contributed by atoms with Crippen LogP contribution in [0.1, 0.15) is 66.7 Å². The number of pyridine rings is 1. The Labute approximate surface area is 204 Å². The predicted molar refractivity (Wildman–Crippen MR) is 138 cm³/mol. The molecule has 1 aliphatic heterocycles. The Hall–Kier alpha value is -2.51. The van der Waals surface area contributed by atoms with Gasteiger partial charge in [0.1, 0.15) is 16.9 Å². The summed E-state index contributed by atoms with van der Waals surface area (Å²) in [6.45, 7) is 15.7. The van der Waals surface area contributed by atoms with Gasteiger partial charge in [-0.25, -0.2) is 9.50 Å². The smallest absolute Gasteiger partial charge is 0.158 e. The first-order valence-corrected chi connectivity index (χ1v) is 13.2. The highest BCUT2D eigenvalue weighted by Gasteiger charge is 2.59. The predicted octanol–water partition coefficient (Wildman–Crippen LogP) is 5.54. The lowest BCUT2D eigenvalue weighted by Crippen LogP contribution is -2.38. The molecule has 1 saturated carbocycles. The molecule has 4 aromatic heterocycles. The molecule has 34 heavy (non-hydrogen) atoms. The zero-order valence-corrected chi connectivity index (χ0v) is 21.8. The lowest BCUT2D eigenvalue weighted by Gasteiger charge is -2.31. The third-order valence-electron chi connectivity index (χ3n) is 8.38.